The lowest BCUT2D eigenvalue weighted by molar-refractivity contribution is -0.143. The minimum Gasteiger partial charge on any atom is -0.469 e. The zero-order valence-electron chi connectivity index (χ0n) is 23.1. The van der Waals surface area contributed by atoms with E-state index in [1.807, 2.05) is 12.2 Å². The summed E-state index contributed by atoms with van der Waals surface area (Å²) in [4.78, 5) is 36.0. The van der Waals surface area contributed by atoms with Gasteiger partial charge in [0, 0.05) is 62.1 Å². The van der Waals surface area contributed by atoms with E-state index in [4.69, 9.17) is 4.74 Å². The molecule has 0 spiro atoms. The van der Waals surface area contributed by atoms with E-state index < -0.39 is 0 Å². The smallest absolute Gasteiger partial charge is 0.313 e. The molecule has 3 aromatic heterocycles. The van der Waals surface area contributed by atoms with Crippen LogP contribution >= 0.6 is 0 Å². The number of rotatable bonds is 4. The van der Waals surface area contributed by atoms with Crippen molar-refractivity contribution in [2.24, 2.45) is 11.8 Å². The van der Waals surface area contributed by atoms with E-state index in [1.54, 1.807) is 0 Å². The molecule has 2 atom stereocenters. The standard InChI is InChI=1S/C32H34N4O3/c1-7-18-16(4)24-11-23-15(3)9-29(33-23)30-21(32(38)39-6)10-20-17(5)25(36-31(20)30)12-27-19(8-2)22(14-37)28(35-27)13-26(18)34-24/h7,11-15,21,33-36H,1,8-10H2,2-6H3/b23-11-,27-12-,28-13-,30-29-/t15-,21-/m0/s1. The summed E-state index contributed by atoms with van der Waals surface area (Å²) in [5, 5.41) is 5.35. The number of hydrogen-bond acceptors (Lipinski definition) is 4. The van der Waals surface area contributed by atoms with Gasteiger partial charge < -0.3 is 25.0 Å². The Morgan fingerprint density at radius 3 is 2.46 bits per heavy atom. The van der Waals surface area contributed by atoms with Gasteiger partial charge in [-0.05, 0) is 73.6 Å². The number of fused-ring (bicyclic) bond motifs is 7. The summed E-state index contributed by atoms with van der Waals surface area (Å²) >= 11 is 0. The number of ether oxygens (including phenoxy) is 1. The minimum atomic E-state index is -0.359. The zero-order chi connectivity index (χ0) is 27.6. The van der Waals surface area contributed by atoms with Gasteiger partial charge in [-0.1, -0.05) is 26.5 Å². The van der Waals surface area contributed by atoms with Crippen molar-refractivity contribution in [3.05, 3.63) is 84.8 Å². The Morgan fingerprint density at radius 1 is 1.03 bits per heavy atom. The van der Waals surface area contributed by atoms with Gasteiger partial charge >= 0.3 is 5.97 Å². The van der Waals surface area contributed by atoms with E-state index in [1.165, 1.54) is 7.11 Å². The number of aromatic nitrogens is 3. The first-order valence-electron chi connectivity index (χ1n) is 13.5. The van der Waals surface area contributed by atoms with Crippen molar-refractivity contribution in [1.82, 2.24) is 20.3 Å². The van der Waals surface area contributed by atoms with Crippen molar-refractivity contribution in [2.45, 2.75) is 47.0 Å². The van der Waals surface area contributed by atoms with Crippen LogP contribution in [0.1, 0.15) is 81.2 Å². The summed E-state index contributed by atoms with van der Waals surface area (Å²) in [6, 6.07) is 0. The number of nitrogens with one attached hydrogen (secondary N) is 4. The van der Waals surface area contributed by atoms with E-state index in [-0.39, 0.29) is 17.8 Å². The predicted molar refractivity (Wildman–Crippen MR) is 154 cm³/mol. The van der Waals surface area contributed by atoms with Crippen LogP contribution in [0, 0.1) is 25.7 Å². The molecule has 2 aliphatic heterocycles. The zero-order valence-corrected chi connectivity index (χ0v) is 23.1. The van der Waals surface area contributed by atoms with Crippen molar-refractivity contribution in [2.75, 3.05) is 7.11 Å². The van der Waals surface area contributed by atoms with Gasteiger partial charge in [-0.25, -0.2) is 0 Å². The Morgan fingerprint density at radius 2 is 1.77 bits per heavy atom. The molecule has 7 heteroatoms. The predicted octanol–water partition coefficient (Wildman–Crippen LogP) is 4.00. The summed E-state index contributed by atoms with van der Waals surface area (Å²) in [6.45, 7) is 12.5. The second kappa shape index (κ2) is 9.19. The molecular formula is C32H34N4O3. The molecular weight excluding hydrogens is 488 g/mol. The van der Waals surface area contributed by atoms with Gasteiger partial charge in [-0.15, -0.1) is 0 Å². The van der Waals surface area contributed by atoms with Crippen molar-refractivity contribution in [1.29, 1.82) is 0 Å². The molecule has 3 aromatic rings. The Bertz CT molecular complexity index is 1750. The minimum absolute atomic E-state index is 0.220. The quantitative estimate of drug-likeness (QED) is 0.307. The molecule has 200 valence electrons. The number of esters is 1. The maximum absolute atomic E-state index is 13.0. The normalized spacial score (nSPS) is 24.2. The third-order valence-electron chi connectivity index (χ3n) is 8.72. The fraction of sp³-hybridized carbons (Fsp3) is 0.312. The number of carbonyl (C=O) groups excluding carboxylic acids is 2. The second-order valence-electron chi connectivity index (χ2n) is 10.8. The fourth-order valence-electron chi connectivity index (χ4n) is 6.56. The van der Waals surface area contributed by atoms with Crippen molar-refractivity contribution in [3.8, 4) is 0 Å². The Labute approximate surface area is 227 Å². The molecule has 1 fully saturated rings. The summed E-state index contributed by atoms with van der Waals surface area (Å²) < 4.78 is 5.24. The lowest BCUT2D eigenvalue weighted by Gasteiger charge is -2.14. The molecule has 7 nitrogen and oxygen atoms in total. The number of carbonyl (C=O) groups is 2. The molecule has 8 bridgehead atoms. The molecule has 0 aromatic carbocycles. The van der Waals surface area contributed by atoms with Crippen LogP contribution in [0.3, 0.4) is 0 Å². The Hall–Kier alpha value is -4.26. The van der Waals surface area contributed by atoms with Crippen LogP contribution < -0.4 is 16.0 Å². The number of methoxy groups -OCH3 is 1. The van der Waals surface area contributed by atoms with Gasteiger partial charge in [-0.3, -0.25) is 9.59 Å². The molecule has 3 aliphatic rings. The highest BCUT2D eigenvalue weighted by molar-refractivity contribution is 5.94. The van der Waals surface area contributed by atoms with Gasteiger partial charge in [0.15, 0.2) is 6.29 Å². The van der Waals surface area contributed by atoms with Crippen molar-refractivity contribution < 1.29 is 14.3 Å². The van der Waals surface area contributed by atoms with Crippen LogP contribution in [0.15, 0.2) is 18.0 Å². The van der Waals surface area contributed by atoms with Crippen molar-refractivity contribution >= 4 is 42.1 Å². The SMILES string of the molecule is C=Cc1c2[nH]c(c1C)/C=C1\N/C(=C3\c4[nH]c(c(C)c4C[C@@H]3C(=O)OC)/C=c3\[nH]/c(c(C=O)c3CC)=C\2)C[C@@H]1C. The first-order chi connectivity index (χ1) is 18.8. The van der Waals surface area contributed by atoms with Crippen LogP contribution in [0.4, 0.5) is 0 Å². The van der Waals surface area contributed by atoms with Crippen LogP contribution in [0.5, 0.6) is 0 Å². The van der Waals surface area contributed by atoms with Crippen molar-refractivity contribution in [3.63, 3.8) is 0 Å². The molecule has 0 amide bonds. The van der Waals surface area contributed by atoms with Crippen LogP contribution in [0.25, 0.3) is 29.9 Å². The summed E-state index contributed by atoms with van der Waals surface area (Å²) in [5.74, 6) is -0.334. The molecule has 1 aliphatic carbocycles. The molecule has 5 heterocycles. The molecule has 0 radical (unpaired) electrons. The lowest BCUT2D eigenvalue weighted by Crippen LogP contribution is -2.19. The molecule has 39 heavy (non-hydrogen) atoms. The third kappa shape index (κ3) is 3.71. The molecule has 0 unspecified atom stereocenters. The lowest BCUT2D eigenvalue weighted by atomic mass is 9.96. The monoisotopic (exact) mass is 522 g/mol. The van der Waals surface area contributed by atoms with Gasteiger partial charge in [0.25, 0.3) is 0 Å². The third-order valence-corrected chi connectivity index (χ3v) is 8.72. The largest absolute Gasteiger partial charge is 0.469 e. The average molecular weight is 523 g/mol. The van der Waals surface area contributed by atoms with E-state index >= 15 is 0 Å². The summed E-state index contributed by atoms with van der Waals surface area (Å²) in [5.41, 5.74) is 13.0. The molecule has 0 saturated carbocycles. The van der Waals surface area contributed by atoms with Crippen LogP contribution in [-0.4, -0.2) is 34.3 Å². The maximum Gasteiger partial charge on any atom is 0.313 e. The molecule has 6 rings (SSSR count). The van der Waals surface area contributed by atoms with E-state index in [0.717, 1.165) is 91.0 Å². The van der Waals surface area contributed by atoms with Gasteiger partial charge in [0.1, 0.15) is 0 Å². The number of H-pyrrole nitrogens is 3. The fourth-order valence-corrected chi connectivity index (χ4v) is 6.56. The van der Waals surface area contributed by atoms with Crippen LogP contribution in [0.2, 0.25) is 0 Å². The van der Waals surface area contributed by atoms with E-state index in [0.29, 0.717) is 18.4 Å². The number of aromatic amines is 3. The Balaban J connectivity index is 1.71. The first-order valence-corrected chi connectivity index (χ1v) is 13.5. The van der Waals surface area contributed by atoms with E-state index in [9.17, 15) is 9.59 Å². The number of allylic oxidation sites excluding steroid dienone is 2. The van der Waals surface area contributed by atoms with E-state index in [2.05, 4.69) is 66.7 Å². The van der Waals surface area contributed by atoms with Gasteiger partial charge in [0.05, 0.1) is 18.4 Å². The summed E-state index contributed by atoms with van der Waals surface area (Å²) in [7, 11) is 1.46. The first kappa shape index (κ1) is 25.0. The van der Waals surface area contributed by atoms with Gasteiger partial charge in [-0.2, -0.15) is 0 Å². The highest BCUT2D eigenvalue weighted by atomic mass is 16.5. The topological polar surface area (TPSA) is 103 Å². The molecule has 4 N–H and O–H groups in total. The highest BCUT2D eigenvalue weighted by Crippen LogP contribution is 2.45. The highest BCUT2D eigenvalue weighted by Gasteiger charge is 2.40. The maximum atomic E-state index is 13.0. The number of aldehydes is 1. The Kier molecular flexibility index (Phi) is 5.90. The summed E-state index contributed by atoms with van der Waals surface area (Å²) in [6.07, 6.45) is 11.2. The average Bonchev–Trinajstić information content (AvgIpc) is 3.69. The number of hydrogen-bond donors (Lipinski definition) is 4. The van der Waals surface area contributed by atoms with Gasteiger partial charge in [0.2, 0.25) is 0 Å². The molecule has 1 saturated heterocycles. The van der Waals surface area contributed by atoms with Crippen LogP contribution in [-0.2, 0) is 22.4 Å². The second-order valence-corrected chi connectivity index (χ2v) is 10.8.